The molecule has 2 nitrogen and oxygen atoms in total. The third-order valence-electron chi connectivity index (χ3n) is 1.97. The minimum Gasteiger partial charge on any atom is -0.360 e. The van der Waals surface area contributed by atoms with Crippen LogP contribution >= 0.6 is 27.5 Å². The molecule has 0 aliphatic heterocycles. The third-order valence-corrected chi connectivity index (χ3v) is 2.65. The van der Waals surface area contributed by atoms with E-state index in [1.54, 1.807) is 6.20 Å². The van der Waals surface area contributed by atoms with Gasteiger partial charge in [-0.25, -0.2) is 4.98 Å². The molecule has 0 spiro atoms. The van der Waals surface area contributed by atoms with Crippen molar-refractivity contribution in [3.8, 4) is 0 Å². The Bertz CT molecular complexity index is 274. The lowest BCUT2D eigenvalue weighted by Crippen LogP contribution is -2.21. The predicted molar refractivity (Wildman–Crippen MR) is 65.5 cm³/mol. The second-order valence-electron chi connectivity index (χ2n) is 3.33. The Hall–Kier alpha value is -0.280. The van der Waals surface area contributed by atoms with Crippen LogP contribution in [0.1, 0.15) is 13.3 Å². The van der Waals surface area contributed by atoms with Gasteiger partial charge in [0.15, 0.2) is 0 Å². The first-order valence-electron chi connectivity index (χ1n) is 4.56. The topological polar surface area (TPSA) is 16.1 Å². The zero-order valence-corrected chi connectivity index (χ0v) is 10.7. The summed E-state index contributed by atoms with van der Waals surface area (Å²) in [4.78, 5) is 6.89. The Kier molecular flexibility index (Phi) is 4.69. The highest BCUT2D eigenvalue weighted by molar-refractivity contribution is 9.09. The summed E-state index contributed by atoms with van der Waals surface area (Å²) in [6.07, 6.45) is 2.77. The lowest BCUT2D eigenvalue weighted by molar-refractivity contribution is 0.779. The van der Waals surface area contributed by atoms with Crippen molar-refractivity contribution in [1.29, 1.82) is 0 Å². The molecule has 0 aliphatic carbocycles. The van der Waals surface area contributed by atoms with E-state index in [1.807, 2.05) is 19.2 Å². The molecular weight excluding hydrogens is 263 g/mol. The van der Waals surface area contributed by atoms with Crippen molar-refractivity contribution in [3.05, 3.63) is 23.4 Å². The SMILES string of the molecule is CC(Br)CCN(C)c1ccc(Cl)cn1. The molecule has 78 valence electrons. The fourth-order valence-corrected chi connectivity index (χ4v) is 1.40. The van der Waals surface area contributed by atoms with Crippen molar-refractivity contribution in [2.24, 2.45) is 0 Å². The maximum Gasteiger partial charge on any atom is 0.128 e. The number of nitrogens with zero attached hydrogens (tertiary/aromatic N) is 2. The van der Waals surface area contributed by atoms with Gasteiger partial charge in [0.2, 0.25) is 0 Å². The molecule has 1 heterocycles. The van der Waals surface area contributed by atoms with Crippen molar-refractivity contribution in [2.45, 2.75) is 18.2 Å². The van der Waals surface area contributed by atoms with Crippen molar-refractivity contribution in [2.75, 3.05) is 18.5 Å². The van der Waals surface area contributed by atoms with Crippen molar-refractivity contribution in [1.82, 2.24) is 4.98 Å². The minimum atomic E-state index is 0.539. The van der Waals surface area contributed by atoms with Gasteiger partial charge in [-0.05, 0) is 18.6 Å². The third kappa shape index (κ3) is 3.84. The van der Waals surface area contributed by atoms with E-state index in [0.717, 1.165) is 18.8 Å². The molecule has 4 heteroatoms. The van der Waals surface area contributed by atoms with Gasteiger partial charge in [-0.1, -0.05) is 34.5 Å². The number of aromatic nitrogens is 1. The molecule has 0 aliphatic rings. The van der Waals surface area contributed by atoms with Crippen LogP contribution in [0.15, 0.2) is 18.3 Å². The highest BCUT2D eigenvalue weighted by Crippen LogP contribution is 2.14. The van der Waals surface area contributed by atoms with E-state index in [2.05, 4.69) is 32.7 Å². The summed E-state index contributed by atoms with van der Waals surface area (Å²) in [5, 5.41) is 0.677. The molecular formula is C10H14BrClN2. The monoisotopic (exact) mass is 276 g/mol. The molecule has 1 atom stereocenters. The number of alkyl halides is 1. The van der Waals surface area contributed by atoms with Gasteiger partial charge in [0, 0.05) is 24.6 Å². The van der Waals surface area contributed by atoms with Crippen LogP contribution in [0.4, 0.5) is 5.82 Å². The van der Waals surface area contributed by atoms with E-state index >= 15 is 0 Å². The standard InChI is InChI=1S/C10H14BrClN2/c1-8(11)5-6-14(2)10-4-3-9(12)7-13-10/h3-4,7-8H,5-6H2,1-2H3. The molecule has 0 fully saturated rings. The quantitative estimate of drug-likeness (QED) is 0.785. The van der Waals surface area contributed by atoms with Gasteiger partial charge in [0.1, 0.15) is 5.82 Å². The van der Waals surface area contributed by atoms with E-state index in [9.17, 15) is 0 Å². The van der Waals surface area contributed by atoms with Gasteiger partial charge in [-0.2, -0.15) is 0 Å². The molecule has 1 unspecified atom stereocenters. The molecule has 1 rings (SSSR count). The normalized spacial score (nSPS) is 12.6. The van der Waals surface area contributed by atoms with Crippen LogP contribution in [0.5, 0.6) is 0 Å². The first kappa shape index (κ1) is 11.8. The van der Waals surface area contributed by atoms with Crippen molar-refractivity contribution < 1.29 is 0 Å². The second-order valence-corrected chi connectivity index (χ2v) is 5.33. The predicted octanol–water partition coefficient (Wildman–Crippen LogP) is 3.34. The second kappa shape index (κ2) is 5.56. The summed E-state index contributed by atoms with van der Waals surface area (Å²) < 4.78 is 0. The molecule has 0 bridgehead atoms. The smallest absolute Gasteiger partial charge is 0.128 e. The molecule has 0 N–H and O–H groups in total. The largest absolute Gasteiger partial charge is 0.360 e. The van der Waals surface area contributed by atoms with E-state index in [-0.39, 0.29) is 0 Å². The molecule has 1 aromatic rings. The number of hydrogen-bond acceptors (Lipinski definition) is 2. The number of rotatable bonds is 4. The number of halogens is 2. The van der Waals surface area contributed by atoms with Crippen LogP contribution in [0.2, 0.25) is 5.02 Å². The van der Waals surface area contributed by atoms with Crippen LogP contribution in [0, 0.1) is 0 Å². The number of hydrogen-bond donors (Lipinski definition) is 0. The van der Waals surface area contributed by atoms with Crippen molar-refractivity contribution >= 4 is 33.3 Å². The number of anilines is 1. The summed E-state index contributed by atoms with van der Waals surface area (Å²) in [5.41, 5.74) is 0. The zero-order chi connectivity index (χ0) is 10.6. The summed E-state index contributed by atoms with van der Waals surface area (Å²) in [7, 11) is 2.03. The molecule has 0 aromatic carbocycles. The lowest BCUT2D eigenvalue weighted by atomic mass is 10.3. The summed E-state index contributed by atoms with van der Waals surface area (Å²) >= 11 is 9.27. The Balaban J connectivity index is 2.52. The highest BCUT2D eigenvalue weighted by atomic mass is 79.9. The molecule has 14 heavy (non-hydrogen) atoms. The Morgan fingerprint density at radius 1 is 1.57 bits per heavy atom. The van der Waals surface area contributed by atoms with Crippen molar-refractivity contribution in [3.63, 3.8) is 0 Å². The van der Waals surface area contributed by atoms with Gasteiger partial charge in [0.25, 0.3) is 0 Å². The maximum atomic E-state index is 5.76. The maximum absolute atomic E-state index is 5.76. The minimum absolute atomic E-state index is 0.539. The lowest BCUT2D eigenvalue weighted by Gasteiger charge is -2.18. The molecule has 0 amide bonds. The van der Waals surface area contributed by atoms with E-state index in [1.165, 1.54) is 0 Å². The Morgan fingerprint density at radius 3 is 2.79 bits per heavy atom. The number of pyridine rings is 1. The fraction of sp³-hybridized carbons (Fsp3) is 0.500. The van der Waals surface area contributed by atoms with Crippen LogP contribution in [0.3, 0.4) is 0 Å². The van der Waals surface area contributed by atoms with E-state index in [4.69, 9.17) is 11.6 Å². The van der Waals surface area contributed by atoms with E-state index < -0.39 is 0 Å². The first-order valence-corrected chi connectivity index (χ1v) is 5.85. The molecule has 0 saturated carbocycles. The molecule has 0 radical (unpaired) electrons. The van der Waals surface area contributed by atoms with Gasteiger partial charge in [-0.3, -0.25) is 0 Å². The average Bonchev–Trinajstić information content (AvgIpc) is 2.15. The molecule has 0 saturated heterocycles. The average molecular weight is 278 g/mol. The highest BCUT2D eigenvalue weighted by Gasteiger charge is 2.03. The fourth-order valence-electron chi connectivity index (χ4n) is 1.08. The van der Waals surface area contributed by atoms with Crippen LogP contribution in [0.25, 0.3) is 0 Å². The summed E-state index contributed by atoms with van der Waals surface area (Å²) in [6.45, 7) is 3.13. The van der Waals surface area contributed by atoms with Crippen LogP contribution in [-0.2, 0) is 0 Å². The Morgan fingerprint density at radius 2 is 2.29 bits per heavy atom. The zero-order valence-electron chi connectivity index (χ0n) is 8.37. The van der Waals surface area contributed by atoms with E-state index in [0.29, 0.717) is 9.85 Å². The summed E-state index contributed by atoms with van der Waals surface area (Å²) in [6, 6.07) is 3.79. The van der Waals surface area contributed by atoms with Gasteiger partial charge in [-0.15, -0.1) is 0 Å². The molecule has 1 aromatic heterocycles. The van der Waals surface area contributed by atoms with Crippen LogP contribution < -0.4 is 4.90 Å². The first-order chi connectivity index (χ1) is 6.59. The van der Waals surface area contributed by atoms with Gasteiger partial charge in [0.05, 0.1) is 5.02 Å². The van der Waals surface area contributed by atoms with Gasteiger partial charge < -0.3 is 4.90 Å². The summed E-state index contributed by atoms with van der Waals surface area (Å²) in [5.74, 6) is 0.961. The van der Waals surface area contributed by atoms with Gasteiger partial charge >= 0.3 is 0 Å². The van der Waals surface area contributed by atoms with Crippen LogP contribution in [-0.4, -0.2) is 23.4 Å². The Labute approximate surface area is 98.4 Å².